The molecule has 5 nitrogen and oxygen atoms in total. The molecule has 0 aliphatic rings. The Bertz CT molecular complexity index is 567. The quantitative estimate of drug-likeness (QED) is 0.849. The van der Waals surface area contributed by atoms with Gasteiger partial charge in [0.05, 0.1) is 5.52 Å². The fourth-order valence-electron chi connectivity index (χ4n) is 1.66. The number of fused-ring (bicyclic) bond motifs is 1. The highest BCUT2D eigenvalue weighted by molar-refractivity contribution is 5.93. The van der Waals surface area contributed by atoms with Crippen molar-refractivity contribution in [3.05, 3.63) is 30.3 Å². The van der Waals surface area contributed by atoms with Crippen molar-refractivity contribution in [2.45, 2.75) is 13.8 Å². The van der Waals surface area contributed by atoms with Gasteiger partial charge >= 0.3 is 0 Å². The molecule has 0 fully saturated rings. The number of amides is 2. The molecule has 5 heteroatoms. The van der Waals surface area contributed by atoms with Crippen LogP contribution in [0.15, 0.2) is 30.3 Å². The van der Waals surface area contributed by atoms with Crippen LogP contribution in [0.2, 0.25) is 0 Å². The summed E-state index contributed by atoms with van der Waals surface area (Å²) in [5.41, 5.74) is 1.49. The van der Waals surface area contributed by atoms with Crippen LogP contribution < -0.4 is 10.6 Å². The highest BCUT2D eigenvalue weighted by atomic mass is 16.2. The van der Waals surface area contributed by atoms with Crippen LogP contribution in [0.1, 0.15) is 13.8 Å². The first kappa shape index (κ1) is 12.0. The molecule has 2 rings (SSSR count). The molecule has 0 saturated carbocycles. The van der Waals surface area contributed by atoms with E-state index in [4.69, 9.17) is 0 Å². The zero-order chi connectivity index (χ0) is 13.1. The van der Waals surface area contributed by atoms with Crippen molar-refractivity contribution in [3.63, 3.8) is 0 Å². The molecular weight excluding hydrogens is 230 g/mol. The Morgan fingerprint density at radius 1 is 1.00 bits per heavy atom. The number of anilines is 2. The van der Waals surface area contributed by atoms with E-state index < -0.39 is 0 Å². The molecule has 0 bridgehead atoms. The minimum absolute atomic E-state index is 0.114. The largest absolute Gasteiger partial charge is 0.326 e. The van der Waals surface area contributed by atoms with Gasteiger partial charge < -0.3 is 10.6 Å². The number of nitrogens with zero attached hydrogens (tertiary/aromatic N) is 1. The van der Waals surface area contributed by atoms with Gasteiger partial charge in [-0.05, 0) is 30.3 Å². The monoisotopic (exact) mass is 243 g/mol. The van der Waals surface area contributed by atoms with Gasteiger partial charge in [0.25, 0.3) is 0 Å². The number of carbonyl (C=O) groups excluding carboxylic acids is 2. The zero-order valence-electron chi connectivity index (χ0n) is 10.2. The lowest BCUT2D eigenvalue weighted by Gasteiger charge is -2.06. The second kappa shape index (κ2) is 4.83. The Morgan fingerprint density at radius 2 is 1.72 bits per heavy atom. The molecule has 2 aromatic rings. The van der Waals surface area contributed by atoms with E-state index in [0.29, 0.717) is 5.82 Å². The maximum atomic E-state index is 11.0. The molecule has 0 aliphatic carbocycles. The Hall–Kier alpha value is -2.43. The average Bonchev–Trinajstić information content (AvgIpc) is 2.27. The van der Waals surface area contributed by atoms with Crippen LogP contribution in [0.5, 0.6) is 0 Å². The molecule has 0 aliphatic heterocycles. The number of carbonyl (C=O) groups is 2. The first-order valence-electron chi connectivity index (χ1n) is 5.50. The number of hydrogen-bond acceptors (Lipinski definition) is 3. The van der Waals surface area contributed by atoms with Gasteiger partial charge in [-0.25, -0.2) is 4.98 Å². The van der Waals surface area contributed by atoms with Gasteiger partial charge in [0.15, 0.2) is 0 Å². The van der Waals surface area contributed by atoms with Gasteiger partial charge in [0.1, 0.15) is 5.82 Å². The molecule has 1 aromatic carbocycles. The second-order valence-electron chi connectivity index (χ2n) is 3.97. The van der Waals surface area contributed by atoms with E-state index in [2.05, 4.69) is 15.6 Å². The highest BCUT2D eigenvalue weighted by Gasteiger charge is 2.02. The second-order valence-corrected chi connectivity index (χ2v) is 3.97. The van der Waals surface area contributed by atoms with Crippen molar-refractivity contribution < 1.29 is 9.59 Å². The van der Waals surface area contributed by atoms with E-state index in [1.807, 2.05) is 12.1 Å². The van der Waals surface area contributed by atoms with E-state index in [1.165, 1.54) is 13.8 Å². The maximum absolute atomic E-state index is 11.0. The van der Waals surface area contributed by atoms with Gasteiger partial charge in [-0.1, -0.05) is 0 Å². The molecule has 2 amide bonds. The minimum Gasteiger partial charge on any atom is -0.326 e. The lowest BCUT2D eigenvalue weighted by atomic mass is 10.2. The first-order valence-corrected chi connectivity index (χ1v) is 5.50. The summed E-state index contributed by atoms with van der Waals surface area (Å²) in [4.78, 5) is 26.2. The van der Waals surface area contributed by atoms with Crippen LogP contribution in [0, 0.1) is 0 Å². The Kier molecular flexibility index (Phi) is 3.23. The number of rotatable bonds is 2. The van der Waals surface area contributed by atoms with Crippen molar-refractivity contribution in [1.29, 1.82) is 0 Å². The van der Waals surface area contributed by atoms with Crippen LogP contribution in [0.4, 0.5) is 11.5 Å². The summed E-state index contributed by atoms with van der Waals surface area (Å²) in [5.74, 6) is 0.246. The predicted molar refractivity (Wildman–Crippen MR) is 70.4 cm³/mol. The average molecular weight is 243 g/mol. The molecule has 1 aromatic heterocycles. The van der Waals surface area contributed by atoms with Crippen LogP contribution in [0.3, 0.4) is 0 Å². The van der Waals surface area contributed by atoms with Gasteiger partial charge in [0.2, 0.25) is 11.8 Å². The third kappa shape index (κ3) is 2.82. The van der Waals surface area contributed by atoms with Gasteiger partial charge in [0, 0.05) is 24.9 Å². The van der Waals surface area contributed by atoms with E-state index in [1.54, 1.807) is 18.2 Å². The summed E-state index contributed by atoms with van der Waals surface area (Å²) in [5, 5.41) is 6.23. The lowest BCUT2D eigenvalue weighted by Crippen LogP contribution is -2.07. The molecule has 18 heavy (non-hydrogen) atoms. The van der Waals surface area contributed by atoms with Gasteiger partial charge in [-0.2, -0.15) is 0 Å². The summed E-state index contributed by atoms with van der Waals surface area (Å²) in [6.45, 7) is 2.90. The van der Waals surface area contributed by atoms with Crippen LogP contribution in [-0.2, 0) is 9.59 Å². The lowest BCUT2D eigenvalue weighted by molar-refractivity contribution is -0.115. The summed E-state index contributed by atoms with van der Waals surface area (Å²) >= 11 is 0. The molecule has 0 atom stereocenters. The summed E-state index contributed by atoms with van der Waals surface area (Å²) in [6.07, 6.45) is 0. The fraction of sp³-hybridized carbons (Fsp3) is 0.154. The Morgan fingerprint density at radius 3 is 2.39 bits per heavy atom. The van der Waals surface area contributed by atoms with Crippen molar-refractivity contribution >= 4 is 34.2 Å². The Labute approximate surface area is 104 Å². The van der Waals surface area contributed by atoms with E-state index >= 15 is 0 Å². The molecule has 0 saturated heterocycles. The molecule has 0 spiro atoms. The molecular formula is C13H13N3O2. The number of nitrogens with one attached hydrogen (secondary N) is 2. The van der Waals surface area contributed by atoms with Crippen molar-refractivity contribution in [2.75, 3.05) is 10.6 Å². The normalized spacial score (nSPS) is 10.1. The van der Waals surface area contributed by atoms with Gasteiger partial charge in [-0.3, -0.25) is 9.59 Å². The van der Waals surface area contributed by atoms with Crippen LogP contribution in [-0.4, -0.2) is 16.8 Å². The predicted octanol–water partition coefficient (Wildman–Crippen LogP) is 2.15. The molecule has 1 heterocycles. The molecule has 0 unspecified atom stereocenters. The molecule has 0 radical (unpaired) electrons. The maximum Gasteiger partial charge on any atom is 0.222 e. The summed E-state index contributed by atoms with van der Waals surface area (Å²) in [6, 6.07) is 8.97. The summed E-state index contributed by atoms with van der Waals surface area (Å²) < 4.78 is 0. The number of benzene rings is 1. The summed E-state index contributed by atoms with van der Waals surface area (Å²) in [7, 11) is 0. The zero-order valence-corrected chi connectivity index (χ0v) is 10.2. The van der Waals surface area contributed by atoms with Gasteiger partial charge in [-0.15, -0.1) is 0 Å². The van der Waals surface area contributed by atoms with Crippen LogP contribution in [0.25, 0.3) is 10.9 Å². The van der Waals surface area contributed by atoms with E-state index in [9.17, 15) is 9.59 Å². The Balaban J connectivity index is 2.35. The van der Waals surface area contributed by atoms with E-state index in [-0.39, 0.29) is 11.8 Å². The van der Waals surface area contributed by atoms with E-state index in [0.717, 1.165) is 16.6 Å². The fourth-order valence-corrected chi connectivity index (χ4v) is 1.66. The SMILES string of the molecule is CC(=O)Nc1ccc2nc(NC(C)=O)ccc2c1. The number of pyridine rings is 1. The third-order valence-corrected chi connectivity index (χ3v) is 2.31. The number of aromatic nitrogens is 1. The third-order valence-electron chi connectivity index (χ3n) is 2.31. The number of hydrogen-bond donors (Lipinski definition) is 2. The molecule has 92 valence electrons. The highest BCUT2D eigenvalue weighted by Crippen LogP contribution is 2.19. The minimum atomic E-state index is -0.156. The van der Waals surface area contributed by atoms with Crippen molar-refractivity contribution in [1.82, 2.24) is 4.98 Å². The van der Waals surface area contributed by atoms with Crippen molar-refractivity contribution in [3.8, 4) is 0 Å². The smallest absolute Gasteiger partial charge is 0.222 e. The van der Waals surface area contributed by atoms with Crippen molar-refractivity contribution in [2.24, 2.45) is 0 Å². The first-order chi connectivity index (χ1) is 8.54. The van der Waals surface area contributed by atoms with Crippen LogP contribution >= 0.6 is 0 Å². The topological polar surface area (TPSA) is 71.1 Å². The molecule has 2 N–H and O–H groups in total. The standard InChI is InChI=1S/C13H13N3O2/c1-8(17)14-11-4-5-12-10(7-11)3-6-13(16-12)15-9(2)18/h3-7H,1-2H3,(H,14,17)(H,15,16,18).